The van der Waals surface area contributed by atoms with Crippen molar-refractivity contribution in [2.45, 2.75) is 71.8 Å². The van der Waals surface area contributed by atoms with Crippen LogP contribution < -0.4 is 11.3 Å². The fourth-order valence-electron chi connectivity index (χ4n) is 4.13. The van der Waals surface area contributed by atoms with E-state index in [1.807, 2.05) is 0 Å². The van der Waals surface area contributed by atoms with Crippen LogP contribution in [0, 0.1) is 23.2 Å². The lowest BCUT2D eigenvalue weighted by Gasteiger charge is -2.40. The van der Waals surface area contributed by atoms with Crippen molar-refractivity contribution in [2.75, 3.05) is 13.2 Å². The van der Waals surface area contributed by atoms with Crippen molar-refractivity contribution in [3.8, 4) is 0 Å². The molecule has 20 heavy (non-hydrogen) atoms. The zero-order valence-corrected chi connectivity index (χ0v) is 13.7. The monoisotopic (exact) mass is 282 g/mol. The number of hydrogen-bond acceptors (Lipinski definition) is 3. The molecule has 0 amide bonds. The second kappa shape index (κ2) is 7.24. The van der Waals surface area contributed by atoms with Crippen molar-refractivity contribution in [1.82, 2.24) is 5.43 Å². The Hall–Kier alpha value is -0.120. The van der Waals surface area contributed by atoms with Gasteiger partial charge in [0, 0.05) is 19.3 Å². The van der Waals surface area contributed by atoms with E-state index >= 15 is 0 Å². The van der Waals surface area contributed by atoms with E-state index < -0.39 is 0 Å². The van der Waals surface area contributed by atoms with Gasteiger partial charge in [-0.1, -0.05) is 20.8 Å². The summed E-state index contributed by atoms with van der Waals surface area (Å²) in [7, 11) is 0. The number of hydrazine groups is 1. The first-order valence-electron chi connectivity index (χ1n) is 8.54. The molecule has 3 nitrogen and oxygen atoms in total. The fourth-order valence-corrected chi connectivity index (χ4v) is 4.13. The standard InChI is InChI=1S/C17H34N2O/c1-17(2,3)15-6-4-14(5-7-15)16(19-18)12-13-8-10-20-11-9-13/h13-16,19H,4-12,18H2,1-3H3. The van der Waals surface area contributed by atoms with Crippen LogP contribution in [0.15, 0.2) is 0 Å². The Kier molecular flexibility index (Phi) is 5.88. The van der Waals surface area contributed by atoms with Gasteiger partial charge in [0.2, 0.25) is 0 Å². The summed E-state index contributed by atoms with van der Waals surface area (Å²) in [6.07, 6.45) is 9.12. The summed E-state index contributed by atoms with van der Waals surface area (Å²) in [5.41, 5.74) is 3.60. The molecule has 3 N–H and O–H groups in total. The van der Waals surface area contributed by atoms with Gasteiger partial charge in [0.25, 0.3) is 0 Å². The summed E-state index contributed by atoms with van der Waals surface area (Å²) in [5.74, 6) is 8.34. The molecule has 0 spiro atoms. The van der Waals surface area contributed by atoms with Gasteiger partial charge in [-0.3, -0.25) is 11.3 Å². The molecule has 0 bridgehead atoms. The van der Waals surface area contributed by atoms with Crippen molar-refractivity contribution in [1.29, 1.82) is 0 Å². The first-order chi connectivity index (χ1) is 9.50. The van der Waals surface area contributed by atoms with Crippen LogP contribution in [0.1, 0.15) is 65.7 Å². The molecule has 2 fully saturated rings. The third-order valence-electron chi connectivity index (χ3n) is 5.71. The van der Waals surface area contributed by atoms with Crippen LogP contribution in [0.25, 0.3) is 0 Å². The minimum atomic E-state index is 0.470. The average Bonchev–Trinajstić information content (AvgIpc) is 2.45. The van der Waals surface area contributed by atoms with Gasteiger partial charge < -0.3 is 4.74 Å². The van der Waals surface area contributed by atoms with Crippen molar-refractivity contribution < 1.29 is 4.74 Å². The first kappa shape index (κ1) is 16.3. The molecular weight excluding hydrogens is 248 g/mol. The zero-order chi connectivity index (χ0) is 14.6. The summed E-state index contributed by atoms with van der Waals surface area (Å²) in [6.45, 7) is 9.05. The highest BCUT2D eigenvalue weighted by Crippen LogP contribution is 2.41. The van der Waals surface area contributed by atoms with Gasteiger partial charge in [-0.25, -0.2) is 0 Å². The lowest BCUT2D eigenvalue weighted by molar-refractivity contribution is 0.0536. The smallest absolute Gasteiger partial charge is 0.0468 e. The average molecular weight is 282 g/mol. The van der Waals surface area contributed by atoms with E-state index in [-0.39, 0.29) is 0 Å². The summed E-state index contributed by atoms with van der Waals surface area (Å²) in [5, 5.41) is 0. The van der Waals surface area contributed by atoms with Crippen LogP contribution in [0.4, 0.5) is 0 Å². The Morgan fingerprint density at radius 3 is 2.15 bits per heavy atom. The molecule has 1 aliphatic heterocycles. The molecule has 0 radical (unpaired) electrons. The van der Waals surface area contributed by atoms with Crippen LogP contribution in [0.2, 0.25) is 0 Å². The Labute approximate surface area is 125 Å². The number of nitrogens with one attached hydrogen (secondary N) is 1. The van der Waals surface area contributed by atoms with E-state index in [9.17, 15) is 0 Å². The highest BCUT2D eigenvalue weighted by molar-refractivity contribution is 4.86. The van der Waals surface area contributed by atoms with Gasteiger partial charge in [-0.2, -0.15) is 0 Å². The molecule has 1 heterocycles. The fraction of sp³-hybridized carbons (Fsp3) is 1.00. The van der Waals surface area contributed by atoms with Crippen LogP contribution in [-0.2, 0) is 4.74 Å². The van der Waals surface area contributed by atoms with Gasteiger partial charge in [0.05, 0.1) is 0 Å². The molecule has 1 saturated heterocycles. The topological polar surface area (TPSA) is 47.3 Å². The van der Waals surface area contributed by atoms with Gasteiger partial charge >= 0.3 is 0 Å². The first-order valence-corrected chi connectivity index (χ1v) is 8.54. The van der Waals surface area contributed by atoms with Gasteiger partial charge in [0.1, 0.15) is 0 Å². The minimum absolute atomic E-state index is 0.470. The SMILES string of the molecule is CC(C)(C)C1CCC(C(CC2CCOCC2)NN)CC1. The lowest BCUT2D eigenvalue weighted by Crippen LogP contribution is -2.44. The Bertz CT molecular complexity index is 273. The highest BCUT2D eigenvalue weighted by Gasteiger charge is 2.33. The van der Waals surface area contributed by atoms with E-state index in [1.54, 1.807) is 0 Å². The summed E-state index contributed by atoms with van der Waals surface area (Å²) in [4.78, 5) is 0. The molecule has 0 aromatic carbocycles. The maximum absolute atomic E-state index is 5.86. The third kappa shape index (κ3) is 4.44. The minimum Gasteiger partial charge on any atom is -0.381 e. The Balaban J connectivity index is 1.80. The van der Waals surface area contributed by atoms with Crippen molar-refractivity contribution in [3.05, 3.63) is 0 Å². The Morgan fingerprint density at radius 2 is 1.65 bits per heavy atom. The van der Waals surface area contributed by atoms with Crippen molar-refractivity contribution in [2.24, 2.45) is 29.0 Å². The van der Waals surface area contributed by atoms with E-state index in [4.69, 9.17) is 10.6 Å². The van der Waals surface area contributed by atoms with Crippen LogP contribution in [0.3, 0.4) is 0 Å². The maximum atomic E-state index is 5.86. The predicted molar refractivity (Wildman–Crippen MR) is 84.2 cm³/mol. The summed E-state index contributed by atoms with van der Waals surface area (Å²) >= 11 is 0. The van der Waals surface area contributed by atoms with Gasteiger partial charge in [-0.15, -0.1) is 0 Å². The van der Waals surface area contributed by atoms with Gasteiger partial charge in [0.15, 0.2) is 0 Å². The number of rotatable bonds is 4. The maximum Gasteiger partial charge on any atom is 0.0468 e. The van der Waals surface area contributed by atoms with E-state index in [2.05, 4.69) is 26.2 Å². The van der Waals surface area contributed by atoms with E-state index in [1.165, 1.54) is 44.9 Å². The predicted octanol–water partition coefficient (Wildman–Crippen LogP) is 3.49. The molecule has 1 saturated carbocycles. The molecule has 1 unspecified atom stereocenters. The molecule has 118 valence electrons. The number of nitrogens with two attached hydrogens (primary N) is 1. The molecule has 0 aromatic heterocycles. The van der Waals surface area contributed by atoms with E-state index in [0.29, 0.717) is 11.5 Å². The molecule has 2 aliphatic rings. The number of hydrogen-bond donors (Lipinski definition) is 2. The van der Waals surface area contributed by atoms with Crippen molar-refractivity contribution >= 4 is 0 Å². The van der Waals surface area contributed by atoms with Gasteiger partial charge in [-0.05, 0) is 68.1 Å². The van der Waals surface area contributed by atoms with E-state index in [0.717, 1.165) is 31.0 Å². The largest absolute Gasteiger partial charge is 0.381 e. The summed E-state index contributed by atoms with van der Waals surface area (Å²) < 4.78 is 5.46. The quantitative estimate of drug-likeness (QED) is 0.613. The second-order valence-corrected chi connectivity index (χ2v) is 8.04. The molecule has 3 heteroatoms. The highest BCUT2D eigenvalue weighted by atomic mass is 16.5. The molecule has 1 atom stereocenters. The molecule has 1 aliphatic carbocycles. The van der Waals surface area contributed by atoms with Crippen LogP contribution in [0.5, 0.6) is 0 Å². The third-order valence-corrected chi connectivity index (χ3v) is 5.71. The number of ether oxygens (including phenoxy) is 1. The molecule has 0 aromatic rings. The molecular formula is C17H34N2O. The van der Waals surface area contributed by atoms with Crippen LogP contribution in [-0.4, -0.2) is 19.3 Å². The second-order valence-electron chi connectivity index (χ2n) is 8.04. The summed E-state index contributed by atoms with van der Waals surface area (Å²) in [6, 6.07) is 0.513. The van der Waals surface area contributed by atoms with Crippen molar-refractivity contribution in [3.63, 3.8) is 0 Å². The molecule has 2 rings (SSSR count). The normalized spacial score (nSPS) is 31.2. The Morgan fingerprint density at radius 1 is 1.05 bits per heavy atom. The lowest BCUT2D eigenvalue weighted by atomic mass is 9.68. The zero-order valence-electron chi connectivity index (χ0n) is 13.7. The van der Waals surface area contributed by atoms with Crippen LogP contribution >= 0.6 is 0 Å².